The van der Waals surface area contributed by atoms with Crippen LogP contribution in [0.25, 0.3) is 0 Å². The van der Waals surface area contributed by atoms with E-state index in [0.717, 1.165) is 18.4 Å². The van der Waals surface area contributed by atoms with E-state index in [1.54, 1.807) is 30.3 Å². The maximum atomic E-state index is 14.8. The maximum absolute atomic E-state index is 14.8. The summed E-state index contributed by atoms with van der Waals surface area (Å²) in [7, 11) is 0. The normalized spacial score (nSPS) is 20.1. The van der Waals surface area contributed by atoms with Crippen LogP contribution in [-0.2, 0) is 14.4 Å². The van der Waals surface area contributed by atoms with Crippen molar-refractivity contribution in [1.82, 2.24) is 4.98 Å². The first-order valence-corrected chi connectivity index (χ1v) is 15.3. The largest absolute Gasteiger partial charge is 0.297 e. The summed E-state index contributed by atoms with van der Waals surface area (Å²) < 4.78 is 27.1. The smallest absolute Gasteiger partial charge is 0.251 e. The molecule has 2 amide bonds. The predicted octanol–water partition coefficient (Wildman–Crippen LogP) is 7.15. The highest BCUT2D eigenvalue weighted by molar-refractivity contribution is 6.31. The molecule has 3 aromatic rings. The molecule has 10 heteroatoms. The van der Waals surface area contributed by atoms with Crippen LogP contribution < -0.4 is 9.80 Å². The number of nitriles is 1. The molecule has 0 N–H and O–H groups in total. The first-order chi connectivity index (χ1) is 21.1. The van der Waals surface area contributed by atoms with Gasteiger partial charge in [0.15, 0.2) is 5.78 Å². The van der Waals surface area contributed by atoms with Gasteiger partial charge >= 0.3 is 0 Å². The van der Waals surface area contributed by atoms with Crippen LogP contribution in [0.15, 0.2) is 66.9 Å². The third-order valence-corrected chi connectivity index (χ3v) is 9.13. The molecule has 3 fully saturated rings. The highest BCUT2D eigenvalue weighted by Crippen LogP contribution is 2.46. The number of carbonyl (C=O) groups is 3. The summed E-state index contributed by atoms with van der Waals surface area (Å²) in [6.07, 6.45) is 3.51. The molecule has 2 aromatic carbocycles. The second-order valence-corrected chi connectivity index (χ2v) is 12.4. The van der Waals surface area contributed by atoms with Gasteiger partial charge in [-0.3, -0.25) is 24.2 Å². The lowest BCUT2D eigenvalue weighted by molar-refractivity contribution is -0.129. The van der Waals surface area contributed by atoms with Gasteiger partial charge in [-0.2, -0.15) is 5.26 Å². The number of nitrogens with zero attached hydrogens (tertiary/aromatic N) is 4. The molecule has 0 bridgehead atoms. The second-order valence-electron chi connectivity index (χ2n) is 12.0. The molecule has 1 aliphatic heterocycles. The summed E-state index contributed by atoms with van der Waals surface area (Å²) in [6, 6.07) is 17.2. The molecule has 2 atom stereocenters. The molecule has 0 radical (unpaired) electrons. The summed E-state index contributed by atoms with van der Waals surface area (Å²) in [4.78, 5) is 49.2. The van der Waals surface area contributed by atoms with E-state index >= 15 is 0 Å². The Hall–Kier alpha value is -4.16. The van der Waals surface area contributed by atoms with Gasteiger partial charge in [0.25, 0.3) is 5.91 Å². The summed E-state index contributed by atoms with van der Waals surface area (Å²) in [6.45, 7) is 0. The fourth-order valence-corrected chi connectivity index (χ4v) is 6.60. The van der Waals surface area contributed by atoms with E-state index in [0.29, 0.717) is 27.8 Å². The number of hydrogen-bond acceptors (Lipinski definition) is 5. The van der Waals surface area contributed by atoms with Gasteiger partial charge in [-0.05, 0) is 73.4 Å². The van der Waals surface area contributed by atoms with Gasteiger partial charge in [-0.25, -0.2) is 13.8 Å². The number of hydrogen-bond donors (Lipinski definition) is 0. The van der Waals surface area contributed by atoms with E-state index in [1.165, 1.54) is 28.1 Å². The summed E-state index contributed by atoms with van der Waals surface area (Å²) in [5.74, 6) is -3.54. The second kappa shape index (κ2) is 12.1. The molecule has 1 saturated heterocycles. The molecule has 44 heavy (non-hydrogen) atoms. The van der Waals surface area contributed by atoms with E-state index in [-0.39, 0.29) is 62.0 Å². The van der Waals surface area contributed by atoms with Crippen LogP contribution in [0.5, 0.6) is 0 Å². The van der Waals surface area contributed by atoms with Gasteiger partial charge in [0, 0.05) is 48.2 Å². The topological polar surface area (TPSA) is 94.4 Å². The average molecular weight is 617 g/mol. The van der Waals surface area contributed by atoms with Crippen molar-refractivity contribution < 1.29 is 23.2 Å². The maximum Gasteiger partial charge on any atom is 0.251 e. The third kappa shape index (κ3) is 6.09. The number of halogens is 3. The molecule has 3 aliphatic rings. The minimum absolute atomic E-state index is 0.0121. The monoisotopic (exact) mass is 616 g/mol. The molecule has 0 unspecified atom stereocenters. The van der Waals surface area contributed by atoms with Gasteiger partial charge in [0.05, 0.1) is 11.6 Å². The molecule has 2 aliphatic carbocycles. The zero-order chi connectivity index (χ0) is 31.0. The third-order valence-electron chi connectivity index (χ3n) is 8.79. The van der Waals surface area contributed by atoms with Crippen LogP contribution in [0, 0.1) is 17.2 Å². The van der Waals surface area contributed by atoms with E-state index in [9.17, 15) is 28.4 Å². The lowest BCUT2D eigenvalue weighted by Crippen LogP contribution is -2.50. The molecule has 2 heterocycles. The number of aromatic nitrogens is 1. The van der Waals surface area contributed by atoms with Crippen molar-refractivity contribution in [3.8, 4) is 6.07 Å². The number of anilines is 2. The molecule has 6 rings (SSSR count). The molecular formula is C34H31ClF2N4O3. The number of rotatable bonds is 10. The fourth-order valence-electron chi connectivity index (χ4n) is 6.36. The van der Waals surface area contributed by atoms with E-state index < -0.39 is 23.9 Å². The average Bonchev–Trinajstić information content (AvgIpc) is 3.79. The van der Waals surface area contributed by atoms with Crippen LogP contribution in [-0.4, -0.2) is 34.5 Å². The Morgan fingerprint density at radius 3 is 2.57 bits per heavy atom. The number of alkyl halides is 2. The quantitative estimate of drug-likeness (QED) is 0.241. The first-order valence-electron chi connectivity index (χ1n) is 14.9. The Kier molecular flexibility index (Phi) is 8.21. The zero-order valence-electron chi connectivity index (χ0n) is 24.0. The SMILES string of the molecule is N#Cc1ccnc(N2C(=O)CC[C@H]2C(=O)N(c2cccc(C3CC3)c2)[C@H](C(=O)CCC2CC(F)(F)C2)c2ccccc2Cl)c1. The molecule has 1 aromatic heterocycles. The number of ketones is 1. The fraction of sp³-hybridized carbons (Fsp3) is 0.382. The molecule has 0 spiro atoms. The van der Waals surface area contributed by atoms with Crippen molar-refractivity contribution in [2.45, 2.75) is 75.3 Å². The number of benzene rings is 2. The lowest BCUT2D eigenvalue weighted by atomic mass is 9.77. The summed E-state index contributed by atoms with van der Waals surface area (Å²) in [5.41, 5.74) is 2.25. The van der Waals surface area contributed by atoms with Crippen molar-refractivity contribution >= 4 is 40.7 Å². The zero-order valence-corrected chi connectivity index (χ0v) is 24.7. The number of amides is 2. The Bertz CT molecular complexity index is 1650. The first kappa shape index (κ1) is 29.9. The van der Waals surface area contributed by atoms with E-state index in [2.05, 4.69) is 4.98 Å². The Morgan fingerprint density at radius 1 is 1.09 bits per heavy atom. The predicted molar refractivity (Wildman–Crippen MR) is 161 cm³/mol. The Labute approximate surface area is 259 Å². The minimum Gasteiger partial charge on any atom is -0.297 e. The number of carbonyl (C=O) groups excluding carboxylic acids is 3. The van der Waals surface area contributed by atoms with Gasteiger partial charge in [-0.1, -0.05) is 41.9 Å². The van der Waals surface area contributed by atoms with E-state index in [1.807, 2.05) is 24.3 Å². The highest BCUT2D eigenvalue weighted by atomic mass is 35.5. The summed E-state index contributed by atoms with van der Waals surface area (Å²) >= 11 is 6.68. The molecule has 7 nitrogen and oxygen atoms in total. The van der Waals surface area contributed by atoms with Crippen molar-refractivity contribution in [1.29, 1.82) is 5.26 Å². The van der Waals surface area contributed by atoms with Crippen LogP contribution in [0.3, 0.4) is 0 Å². The Morgan fingerprint density at radius 2 is 1.86 bits per heavy atom. The highest BCUT2D eigenvalue weighted by Gasteiger charge is 2.47. The van der Waals surface area contributed by atoms with Crippen molar-refractivity contribution in [3.05, 3.63) is 88.6 Å². The van der Waals surface area contributed by atoms with Crippen molar-refractivity contribution in [2.75, 3.05) is 9.80 Å². The van der Waals surface area contributed by atoms with Gasteiger partial charge in [0.2, 0.25) is 11.8 Å². The van der Waals surface area contributed by atoms with Crippen LogP contribution in [0.1, 0.15) is 80.0 Å². The van der Waals surface area contributed by atoms with Crippen LogP contribution >= 0.6 is 11.6 Å². The number of Topliss-reactive ketones (excluding diaryl/α,β-unsaturated/α-hetero) is 1. The molecule has 226 valence electrons. The molecule has 2 saturated carbocycles. The molecular weight excluding hydrogens is 586 g/mol. The minimum atomic E-state index is -2.70. The van der Waals surface area contributed by atoms with E-state index in [4.69, 9.17) is 11.6 Å². The van der Waals surface area contributed by atoms with Crippen LogP contribution in [0.2, 0.25) is 5.02 Å². The van der Waals surface area contributed by atoms with Gasteiger partial charge in [0.1, 0.15) is 17.9 Å². The van der Waals surface area contributed by atoms with Gasteiger partial charge < -0.3 is 0 Å². The number of pyridine rings is 1. The van der Waals surface area contributed by atoms with Crippen LogP contribution in [0.4, 0.5) is 20.3 Å². The lowest BCUT2D eigenvalue weighted by Gasteiger charge is -2.37. The van der Waals surface area contributed by atoms with Gasteiger partial charge in [-0.15, -0.1) is 0 Å². The van der Waals surface area contributed by atoms with Crippen molar-refractivity contribution in [3.63, 3.8) is 0 Å². The summed E-state index contributed by atoms with van der Waals surface area (Å²) in [5, 5.41) is 9.73. The standard InChI is InChI=1S/C34H31ClF2N4O3/c35-27-7-2-1-6-26(27)32(29(42)12-8-22-18-34(36,37)19-22)40(25-5-3-4-24(17-25)23-9-10-23)33(44)28-11-13-31(43)41(28)30-16-21(20-38)14-15-39-30/h1-7,14-17,22-23,28,32H,8-13,18-19H2/t28-,32-/m0/s1. The Balaban J connectivity index is 1.42. The van der Waals surface area contributed by atoms with Crippen molar-refractivity contribution in [2.24, 2.45) is 5.92 Å².